The predicted molar refractivity (Wildman–Crippen MR) is 62.7 cm³/mol. The van der Waals surface area contributed by atoms with Gasteiger partial charge >= 0.3 is 0 Å². The van der Waals surface area contributed by atoms with E-state index >= 15 is 0 Å². The lowest BCUT2D eigenvalue weighted by Crippen LogP contribution is -2.16. The molecule has 0 atom stereocenters. The lowest BCUT2D eigenvalue weighted by molar-refractivity contribution is -0.124. The number of hydrogen-bond donors (Lipinski definition) is 3. The van der Waals surface area contributed by atoms with Crippen LogP contribution in [0.2, 0.25) is 0 Å². The van der Waals surface area contributed by atoms with Gasteiger partial charge in [0.2, 0.25) is 0 Å². The van der Waals surface area contributed by atoms with Crippen molar-refractivity contribution in [2.24, 2.45) is 4.47 Å². The van der Waals surface area contributed by atoms with Crippen LogP contribution in [0.25, 0.3) is 6.08 Å². The maximum atomic E-state index is 11.4. The van der Waals surface area contributed by atoms with Gasteiger partial charge in [0.05, 0.1) is 12.4 Å². The highest BCUT2D eigenvalue weighted by atomic mass is 32.1. The molecule has 0 aliphatic heterocycles. The molecule has 0 bridgehead atoms. The lowest BCUT2D eigenvalue weighted by atomic mass is 10.1. The average molecular weight is 251 g/mol. The fourth-order valence-corrected chi connectivity index (χ4v) is 1.18. The summed E-state index contributed by atoms with van der Waals surface area (Å²) in [6.07, 6.45) is 2.58. The maximum absolute atomic E-state index is 11.4. The van der Waals surface area contributed by atoms with Crippen LogP contribution in [-0.2, 0) is 17.2 Å². The number of carbonyl (C=O) groups excluding carboxylic acids is 2. The highest BCUT2D eigenvalue weighted by molar-refractivity contribution is 7.47. The van der Waals surface area contributed by atoms with Crippen molar-refractivity contribution in [2.45, 2.75) is 0 Å². The third kappa shape index (κ3) is 4.09. The second-order valence-electron chi connectivity index (χ2n) is 2.97. The van der Waals surface area contributed by atoms with Crippen molar-refractivity contribution >= 4 is 30.3 Å². The van der Waals surface area contributed by atoms with Gasteiger partial charge in [0.1, 0.15) is 0 Å². The van der Waals surface area contributed by atoms with Crippen LogP contribution in [0.15, 0.2) is 34.8 Å². The summed E-state index contributed by atoms with van der Waals surface area (Å²) in [7, 11) is 0. The van der Waals surface area contributed by atoms with Crippen LogP contribution in [0.1, 0.15) is 15.9 Å². The normalized spacial score (nSPS) is 9.94. The Morgan fingerprint density at radius 1 is 1.41 bits per heavy atom. The molecule has 0 saturated carbocycles. The van der Waals surface area contributed by atoms with Crippen molar-refractivity contribution in [3.8, 4) is 0 Å². The summed E-state index contributed by atoms with van der Waals surface area (Å²) in [5, 5.41) is 8.29. The fourth-order valence-electron chi connectivity index (χ4n) is 1.10. The quantitative estimate of drug-likeness (QED) is 0.415. The number of nitrogens with zero attached hydrogens (tertiary/aromatic N) is 1. The van der Waals surface area contributed by atoms with Crippen LogP contribution in [0.3, 0.4) is 0 Å². The number of benzene rings is 1. The Bertz CT molecular complexity index is 474. The summed E-state index contributed by atoms with van der Waals surface area (Å²) in [6, 6.07) is 6.48. The molecule has 0 aliphatic carbocycles. The summed E-state index contributed by atoms with van der Waals surface area (Å²) in [5.74, 6) is -1.08. The second-order valence-corrected chi connectivity index (χ2v) is 3.15. The van der Waals surface area contributed by atoms with Crippen LogP contribution in [0.5, 0.6) is 0 Å². The second kappa shape index (κ2) is 6.46. The maximum Gasteiger partial charge on any atom is 0.272 e. The molecule has 0 unspecified atom stereocenters. The Morgan fingerprint density at radius 3 is 2.82 bits per heavy atom. The van der Waals surface area contributed by atoms with Gasteiger partial charge in [-0.3, -0.25) is 14.8 Å². The van der Waals surface area contributed by atoms with E-state index in [0.717, 1.165) is 6.08 Å². The first kappa shape index (κ1) is 12.9. The number of amides is 2. The molecule has 0 spiro atoms. The smallest absolute Gasteiger partial charge is 0.272 e. The molecule has 1 aromatic rings. The van der Waals surface area contributed by atoms with E-state index in [1.165, 1.54) is 11.6 Å². The molecule has 0 aliphatic rings. The van der Waals surface area contributed by atoms with Gasteiger partial charge < -0.3 is 0 Å². The zero-order chi connectivity index (χ0) is 12.7. The summed E-state index contributed by atoms with van der Waals surface area (Å²) >= 11 is 4.26. The Balaban J connectivity index is 2.86. The Labute approximate surface area is 102 Å². The topological polar surface area (TPSA) is 90.8 Å². The third-order valence-electron chi connectivity index (χ3n) is 1.83. The van der Waals surface area contributed by atoms with Crippen molar-refractivity contribution in [3.63, 3.8) is 0 Å². The van der Waals surface area contributed by atoms with Gasteiger partial charge in [-0.1, -0.05) is 12.1 Å². The molecule has 6 nitrogen and oxygen atoms in total. The molecule has 0 aromatic heterocycles. The van der Waals surface area contributed by atoms with Crippen LogP contribution in [0, 0.1) is 0 Å². The number of rotatable bonds is 4. The molecule has 1 rings (SSSR count). The number of hydrogen-bond acceptors (Lipinski definition) is 5. The lowest BCUT2D eigenvalue weighted by Gasteiger charge is -1.99. The van der Waals surface area contributed by atoms with Crippen LogP contribution >= 0.6 is 0 Å². The minimum Gasteiger partial charge on any atom is -0.288 e. The van der Waals surface area contributed by atoms with Crippen LogP contribution in [-0.4, -0.2) is 17.0 Å². The molecule has 3 N–H and O–H groups in total. The van der Waals surface area contributed by atoms with E-state index < -0.39 is 11.8 Å². The average Bonchev–Trinajstić information content (AvgIpc) is 2.36. The number of hydroxylamine groups is 1. The first-order valence-corrected chi connectivity index (χ1v) is 4.89. The zero-order valence-corrected chi connectivity index (χ0v) is 9.40. The first-order valence-electron chi connectivity index (χ1n) is 4.52. The molecule has 88 valence electrons. The molecular weight excluding hydrogens is 242 g/mol. The first-order chi connectivity index (χ1) is 8.17. The van der Waals surface area contributed by atoms with E-state index in [4.69, 9.17) is 5.21 Å². The van der Waals surface area contributed by atoms with Gasteiger partial charge in [-0.05, 0) is 23.8 Å². The zero-order valence-electron chi connectivity index (χ0n) is 8.58. The van der Waals surface area contributed by atoms with E-state index in [2.05, 4.69) is 22.3 Å². The summed E-state index contributed by atoms with van der Waals surface area (Å²) in [5.41, 5.74) is 4.58. The molecule has 2 amide bonds. The highest BCUT2D eigenvalue weighted by Crippen LogP contribution is 2.07. The van der Waals surface area contributed by atoms with Crippen molar-refractivity contribution in [1.82, 2.24) is 10.9 Å². The molecule has 17 heavy (non-hydrogen) atoms. The molecule has 0 fully saturated rings. The summed E-state index contributed by atoms with van der Waals surface area (Å²) < 4.78 is 3.10. The minimum atomic E-state index is -0.652. The Morgan fingerprint density at radius 2 is 2.18 bits per heavy atom. The predicted octanol–water partition coefficient (Wildman–Crippen LogP) is 0.581. The van der Waals surface area contributed by atoms with E-state index in [1.807, 2.05) is 0 Å². The van der Waals surface area contributed by atoms with Gasteiger partial charge in [0.15, 0.2) is 0 Å². The van der Waals surface area contributed by atoms with Crippen molar-refractivity contribution in [2.75, 3.05) is 0 Å². The SMILES string of the molecule is O=C(/C=C/c1cccc(C(=O)NN=S)c1)NO. The molecule has 0 saturated heterocycles. The van der Waals surface area contributed by atoms with Gasteiger partial charge in [-0.2, -0.15) is 0 Å². The van der Waals surface area contributed by atoms with Gasteiger partial charge in [0, 0.05) is 11.6 Å². The van der Waals surface area contributed by atoms with Crippen LogP contribution < -0.4 is 10.9 Å². The van der Waals surface area contributed by atoms with E-state index in [0.29, 0.717) is 11.1 Å². The monoisotopic (exact) mass is 251 g/mol. The van der Waals surface area contributed by atoms with E-state index in [1.54, 1.807) is 24.3 Å². The van der Waals surface area contributed by atoms with Crippen molar-refractivity contribution < 1.29 is 14.8 Å². The molecule has 0 heterocycles. The number of carbonyl (C=O) groups is 2. The standard InChI is InChI=1S/C10H9N3O3S/c14-9(12-16)5-4-7-2-1-3-8(6-7)10(15)11-13-17/h1-6,16H,(H,12,14)(H,11,15,17)/b5-4+. The van der Waals surface area contributed by atoms with E-state index in [-0.39, 0.29) is 0 Å². The van der Waals surface area contributed by atoms with E-state index in [9.17, 15) is 9.59 Å². The minimum absolute atomic E-state index is 0.366. The van der Waals surface area contributed by atoms with Crippen molar-refractivity contribution in [1.29, 1.82) is 0 Å². The Kier molecular flexibility index (Phi) is 4.92. The molecule has 7 heteroatoms. The molecule has 1 aromatic carbocycles. The third-order valence-corrected chi connectivity index (χ3v) is 1.92. The summed E-state index contributed by atoms with van der Waals surface area (Å²) in [6.45, 7) is 0. The molecule has 0 radical (unpaired) electrons. The summed E-state index contributed by atoms with van der Waals surface area (Å²) in [4.78, 5) is 22.1. The fraction of sp³-hybridized carbons (Fsp3) is 0. The van der Waals surface area contributed by atoms with Gasteiger partial charge in [-0.15, -0.1) is 4.47 Å². The Hall–Kier alpha value is -2.12. The number of nitrogens with one attached hydrogen (secondary N) is 2. The van der Waals surface area contributed by atoms with Crippen molar-refractivity contribution in [3.05, 3.63) is 41.5 Å². The highest BCUT2D eigenvalue weighted by Gasteiger charge is 2.03. The van der Waals surface area contributed by atoms with Gasteiger partial charge in [-0.25, -0.2) is 10.9 Å². The van der Waals surface area contributed by atoms with Gasteiger partial charge in [0.25, 0.3) is 11.8 Å². The van der Waals surface area contributed by atoms with Crippen LogP contribution in [0.4, 0.5) is 0 Å². The molecular formula is C10H9N3O3S. The largest absolute Gasteiger partial charge is 0.288 e.